The molecule has 0 aliphatic rings. The van der Waals surface area contributed by atoms with Crippen LogP contribution in [0, 0.1) is 0 Å². The van der Waals surface area contributed by atoms with Crippen molar-refractivity contribution < 1.29 is 0 Å². The monoisotopic (exact) mass is 292 g/mol. The number of benzene rings is 1. The van der Waals surface area contributed by atoms with Gasteiger partial charge in [-0.2, -0.15) is 0 Å². The molecule has 2 nitrogen and oxygen atoms in total. The summed E-state index contributed by atoms with van der Waals surface area (Å²) < 4.78 is 0. The van der Waals surface area contributed by atoms with E-state index in [0.29, 0.717) is 21.3 Å². The average Bonchev–Trinajstić information content (AvgIpc) is 2.20. The fraction of sp³-hybridized carbons (Fsp3) is 0. The van der Waals surface area contributed by atoms with Crippen molar-refractivity contribution in [2.75, 3.05) is 0 Å². The summed E-state index contributed by atoms with van der Waals surface area (Å²) in [6.07, 6.45) is 0. The molecule has 0 spiro atoms. The minimum Gasteiger partial charge on any atom is -0.218 e. The van der Waals surface area contributed by atoms with Gasteiger partial charge < -0.3 is 0 Å². The van der Waals surface area contributed by atoms with Crippen molar-refractivity contribution in [1.29, 1.82) is 0 Å². The van der Waals surface area contributed by atoms with E-state index in [2.05, 4.69) is 9.97 Å². The molecule has 0 bridgehead atoms. The number of hydrogen-bond acceptors (Lipinski definition) is 2. The predicted molar refractivity (Wildman–Crippen MR) is 67.5 cm³/mol. The third-order valence-electron chi connectivity index (χ3n) is 1.90. The fourth-order valence-corrected chi connectivity index (χ4v) is 2.04. The van der Waals surface area contributed by atoms with Crippen LogP contribution in [-0.2, 0) is 0 Å². The van der Waals surface area contributed by atoms with E-state index in [1.54, 1.807) is 24.3 Å². The van der Waals surface area contributed by atoms with E-state index < -0.39 is 0 Å². The lowest BCUT2D eigenvalue weighted by Crippen LogP contribution is -1.89. The fourth-order valence-electron chi connectivity index (χ4n) is 1.23. The maximum atomic E-state index is 6.05. The second kappa shape index (κ2) is 4.76. The molecule has 1 aromatic heterocycles. The van der Waals surface area contributed by atoms with Gasteiger partial charge in [0, 0.05) is 11.6 Å². The van der Waals surface area contributed by atoms with E-state index in [1.807, 2.05) is 0 Å². The molecule has 82 valence electrons. The third kappa shape index (κ3) is 2.41. The Hall–Kier alpha value is -0.540. The van der Waals surface area contributed by atoms with Crippen molar-refractivity contribution >= 4 is 46.4 Å². The standard InChI is InChI=1S/C10H4Cl4N2/c11-6-3-1-2-5(9(6)13)7-4-8(12)16-10(14)15-7/h1-4H. The highest BCUT2D eigenvalue weighted by molar-refractivity contribution is 6.43. The summed E-state index contributed by atoms with van der Waals surface area (Å²) >= 11 is 23.4. The van der Waals surface area contributed by atoms with E-state index in [0.717, 1.165) is 0 Å². The Kier molecular flexibility index (Phi) is 3.55. The molecule has 0 amide bonds. The summed E-state index contributed by atoms with van der Waals surface area (Å²) in [4.78, 5) is 7.79. The van der Waals surface area contributed by atoms with Crippen LogP contribution in [0.5, 0.6) is 0 Å². The average molecular weight is 294 g/mol. The van der Waals surface area contributed by atoms with Crippen LogP contribution in [0.2, 0.25) is 20.5 Å². The summed E-state index contributed by atoms with van der Waals surface area (Å²) in [5.74, 6) is 0. The summed E-state index contributed by atoms with van der Waals surface area (Å²) in [5, 5.41) is 1.18. The highest BCUT2D eigenvalue weighted by Gasteiger charge is 2.10. The molecule has 2 aromatic rings. The lowest BCUT2D eigenvalue weighted by atomic mass is 10.1. The lowest BCUT2D eigenvalue weighted by Gasteiger charge is -2.05. The maximum absolute atomic E-state index is 6.05. The molecule has 0 unspecified atom stereocenters. The van der Waals surface area contributed by atoms with Crippen LogP contribution < -0.4 is 0 Å². The van der Waals surface area contributed by atoms with Crippen molar-refractivity contribution in [3.05, 3.63) is 44.7 Å². The quantitative estimate of drug-likeness (QED) is 0.560. The molecule has 1 heterocycles. The second-order valence-electron chi connectivity index (χ2n) is 2.95. The van der Waals surface area contributed by atoms with E-state index >= 15 is 0 Å². The second-order valence-corrected chi connectivity index (χ2v) is 4.46. The lowest BCUT2D eigenvalue weighted by molar-refractivity contribution is 1.17. The van der Waals surface area contributed by atoms with Gasteiger partial charge in [-0.3, -0.25) is 0 Å². The van der Waals surface area contributed by atoms with Gasteiger partial charge in [-0.05, 0) is 17.7 Å². The van der Waals surface area contributed by atoms with Crippen molar-refractivity contribution in [3.8, 4) is 11.3 Å². The first kappa shape index (κ1) is 11.9. The van der Waals surface area contributed by atoms with Crippen molar-refractivity contribution in [1.82, 2.24) is 9.97 Å². The van der Waals surface area contributed by atoms with E-state index in [4.69, 9.17) is 46.4 Å². The van der Waals surface area contributed by atoms with Gasteiger partial charge in [0.15, 0.2) is 0 Å². The highest BCUT2D eigenvalue weighted by atomic mass is 35.5. The number of hydrogen-bond donors (Lipinski definition) is 0. The van der Waals surface area contributed by atoms with Gasteiger partial charge in [0.1, 0.15) is 5.15 Å². The highest BCUT2D eigenvalue weighted by Crippen LogP contribution is 2.33. The Morgan fingerprint density at radius 3 is 2.38 bits per heavy atom. The maximum Gasteiger partial charge on any atom is 0.224 e. The number of aromatic nitrogens is 2. The zero-order chi connectivity index (χ0) is 11.7. The predicted octanol–water partition coefficient (Wildman–Crippen LogP) is 4.76. The Labute approximate surface area is 112 Å². The van der Waals surface area contributed by atoms with Crippen LogP contribution in [0.25, 0.3) is 11.3 Å². The van der Waals surface area contributed by atoms with Gasteiger partial charge in [-0.25, -0.2) is 9.97 Å². The zero-order valence-electron chi connectivity index (χ0n) is 7.72. The van der Waals surface area contributed by atoms with Crippen molar-refractivity contribution in [2.45, 2.75) is 0 Å². The van der Waals surface area contributed by atoms with Crippen molar-refractivity contribution in [3.63, 3.8) is 0 Å². The van der Waals surface area contributed by atoms with E-state index in [9.17, 15) is 0 Å². The first-order chi connectivity index (χ1) is 7.58. The van der Waals surface area contributed by atoms with Crippen LogP contribution in [0.3, 0.4) is 0 Å². The molecule has 0 radical (unpaired) electrons. The zero-order valence-corrected chi connectivity index (χ0v) is 10.7. The van der Waals surface area contributed by atoms with Gasteiger partial charge in [0.2, 0.25) is 5.28 Å². The van der Waals surface area contributed by atoms with Gasteiger partial charge >= 0.3 is 0 Å². The third-order valence-corrected chi connectivity index (χ3v) is 3.08. The van der Waals surface area contributed by atoms with Crippen LogP contribution in [0.1, 0.15) is 0 Å². The molecular weight excluding hydrogens is 290 g/mol. The molecule has 0 aliphatic carbocycles. The first-order valence-electron chi connectivity index (χ1n) is 4.22. The normalized spacial score (nSPS) is 10.5. The number of halogens is 4. The Morgan fingerprint density at radius 1 is 0.938 bits per heavy atom. The van der Waals surface area contributed by atoms with Gasteiger partial charge in [-0.15, -0.1) is 0 Å². The topological polar surface area (TPSA) is 25.8 Å². The minimum atomic E-state index is 0.0681. The molecular formula is C10H4Cl4N2. The molecule has 0 saturated heterocycles. The minimum absolute atomic E-state index is 0.0681. The van der Waals surface area contributed by atoms with Gasteiger partial charge in [0.25, 0.3) is 0 Å². The Morgan fingerprint density at radius 2 is 1.69 bits per heavy atom. The molecule has 6 heteroatoms. The molecule has 0 atom stereocenters. The van der Waals surface area contributed by atoms with E-state index in [1.165, 1.54) is 0 Å². The van der Waals surface area contributed by atoms with Crippen molar-refractivity contribution in [2.24, 2.45) is 0 Å². The van der Waals surface area contributed by atoms with Crippen LogP contribution >= 0.6 is 46.4 Å². The molecule has 1 aromatic carbocycles. The van der Waals surface area contributed by atoms with Gasteiger partial charge in [0.05, 0.1) is 15.7 Å². The number of rotatable bonds is 1. The van der Waals surface area contributed by atoms with E-state index in [-0.39, 0.29) is 10.4 Å². The van der Waals surface area contributed by atoms with Crippen LogP contribution in [-0.4, -0.2) is 9.97 Å². The summed E-state index contributed by atoms with van der Waals surface area (Å²) in [7, 11) is 0. The number of nitrogens with zero attached hydrogens (tertiary/aromatic N) is 2. The molecule has 16 heavy (non-hydrogen) atoms. The molecule has 0 aliphatic heterocycles. The largest absolute Gasteiger partial charge is 0.224 e. The smallest absolute Gasteiger partial charge is 0.218 e. The molecule has 0 N–H and O–H groups in total. The summed E-state index contributed by atoms with van der Waals surface area (Å²) in [5.41, 5.74) is 1.21. The van der Waals surface area contributed by atoms with Crippen LogP contribution in [0.15, 0.2) is 24.3 Å². The molecule has 0 fully saturated rings. The first-order valence-corrected chi connectivity index (χ1v) is 5.73. The molecule has 2 rings (SSSR count). The Balaban J connectivity index is 2.63. The summed E-state index contributed by atoms with van der Waals surface area (Å²) in [6, 6.07) is 6.82. The summed E-state index contributed by atoms with van der Waals surface area (Å²) in [6.45, 7) is 0. The van der Waals surface area contributed by atoms with Gasteiger partial charge in [-0.1, -0.05) is 46.9 Å². The molecule has 0 saturated carbocycles. The SMILES string of the molecule is Clc1cc(-c2cccc(Cl)c2Cl)nc(Cl)n1. The Bertz CT molecular complexity index is 522. The van der Waals surface area contributed by atoms with Crippen LogP contribution in [0.4, 0.5) is 0 Å².